The molecule has 3 aromatic rings. The zero-order valence-corrected chi connectivity index (χ0v) is 14.6. The lowest BCUT2D eigenvalue weighted by Crippen LogP contribution is -2.26. The minimum Gasteiger partial charge on any atom is -0.375 e. The second-order valence-corrected chi connectivity index (χ2v) is 7.31. The maximum absolute atomic E-state index is 5.81. The summed E-state index contributed by atoms with van der Waals surface area (Å²) in [5, 5.41) is 0.704. The summed E-state index contributed by atoms with van der Waals surface area (Å²) in [5.41, 5.74) is 10.3. The van der Waals surface area contributed by atoms with Crippen LogP contribution in [0.25, 0.3) is 17.1 Å². The van der Waals surface area contributed by atoms with Gasteiger partial charge in [0.25, 0.3) is 0 Å². The highest BCUT2D eigenvalue weighted by molar-refractivity contribution is 7.15. The first-order chi connectivity index (χ1) is 11.7. The summed E-state index contributed by atoms with van der Waals surface area (Å²) in [5.74, 6) is 0.955. The Hall–Kier alpha value is -2.18. The highest BCUT2D eigenvalue weighted by Crippen LogP contribution is 2.24. The number of hydrogen-bond donors (Lipinski definition) is 2. The second kappa shape index (κ2) is 6.37. The summed E-state index contributed by atoms with van der Waals surface area (Å²) in [6, 6.07) is 6.25. The second-order valence-electron chi connectivity index (χ2n) is 6.19. The Kier molecular flexibility index (Phi) is 4.08. The first kappa shape index (κ1) is 15.4. The number of thiazole rings is 1. The van der Waals surface area contributed by atoms with Crippen molar-refractivity contribution in [2.75, 3.05) is 25.4 Å². The lowest BCUT2D eigenvalue weighted by molar-refractivity contribution is 0.318. The van der Waals surface area contributed by atoms with E-state index in [1.165, 1.54) is 16.1 Å². The Morgan fingerprint density at radius 2 is 2.17 bits per heavy atom. The van der Waals surface area contributed by atoms with Crippen molar-refractivity contribution in [3.05, 3.63) is 46.2 Å². The zero-order chi connectivity index (χ0) is 16.5. The highest BCUT2D eigenvalue weighted by Gasteiger charge is 2.16. The number of hydrogen-bond acceptors (Lipinski definition) is 5. The van der Waals surface area contributed by atoms with E-state index in [1.807, 2.05) is 6.92 Å². The first-order valence-corrected chi connectivity index (χ1v) is 9.09. The van der Waals surface area contributed by atoms with Crippen LogP contribution < -0.4 is 5.73 Å². The van der Waals surface area contributed by atoms with Gasteiger partial charge in [-0.05, 0) is 19.4 Å². The smallest absolute Gasteiger partial charge is 0.180 e. The van der Waals surface area contributed by atoms with Gasteiger partial charge in [0, 0.05) is 36.5 Å². The van der Waals surface area contributed by atoms with Crippen molar-refractivity contribution in [2.24, 2.45) is 0 Å². The van der Waals surface area contributed by atoms with Gasteiger partial charge < -0.3 is 10.7 Å². The van der Waals surface area contributed by atoms with Crippen LogP contribution in [0.4, 0.5) is 5.13 Å². The van der Waals surface area contributed by atoms with Crippen molar-refractivity contribution in [3.8, 4) is 0 Å². The Bertz CT molecular complexity index is 867. The number of fused-ring (bicyclic) bond motifs is 2. The van der Waals surface area contributed by atoms with Crippen LogP contribution in [0.5, 0.6) is 0 Å². The molecule has 0 spiro atoms. The van der Waals surface area contributed by atoms with Gasteiger partial charge >= 0.3 is 0 Å². The molecule has 1 aliphatic rings. The number of nitrogens with one attached hydrogen (secondary N) is 1. The normalized spacial score (nSPS) is 15.9. The van der Waals surface area contributed by atoms with E-state index < -0.39 is 0 Å². The molecule has 3 heterocycles. The molecule has 2 aromatic heterocycles. The molecule has 6 heteroatoms. The van der Waals surface area contributed by atoms with Crippen molar-refractivity contribution in [3.63, 3.8) is 0 Å². The molecule has 5 nitrogen and oxygen atoms in total. The SMILES string of the molecule is Cc1nc2c(C=CCN3CCc4nc(N)sc4CC3)cccc2[nH]1. The van der Waals surface area contributed by atoms with E-state index in [4.69, 9.17) is 5.73 Å². The average molecular weight is 339 g/mol. The van der Waals surface area contributed by atoms with E-state index in [-0.39, 0.29) is 0 Å². The van der Waals surface area contributed by atoms with E-state index in [9.17, 15) is 0 Å². The minimum absolute atomic E-state index is 0.704. The number of rotatable bonds is 3. The van der Waals surface area contributed by atoms with Crippen molar-refractivity contribution < 1.29 is 0 Å². The van der Waals surface area contributed by atoms with Gasteiger partial charge in [0.05, 0.1) is 16.7 Å². The van der Waals surface area contributed by atoms with Gasteiger partial charge in [-0.25, -0.2) is 9.97 Å². The third-order valence-corrected chi connectivity index (χ3v) is 5.42. The summed E-state index contributed by atoms with van der Waals surface area (Å²) >= 11 is 1.64. The Balaban J connectivity index is 1.43. The number of aromatic nitrogens is 3. The van der Waals surface area contributed by atoms with Crippen molar-refractivity contribution >= 4 is 33.6 Å². The van der Waals surface area contributed by atoms with Gasteiger partial charge in [-0.15, -0.1) is 11.3 Å². The Morgan fingerprint density at radius 3 is 3.08 bits per heavy atom. The molecular weight excluding hydrogens is 318 g/mol. The summed E-state index contributed by atoms with van der Waals surface area (Å²) in [6.45, 7) is 5.03. The predicted molar refractivity (Wildman–Crippen MR) is 100 cm³/mol. The molecule has 0 saturated carbocycles. The van der Waals surface area contributed by atoms with Gasteiger partial charge in [-0.1, -0.05) is 24.3 Å². The number of imidazole rings is 1. The fourth-order valence-electron chi connectivity index (χ4n) is 3.25. The molecular formula is C18H21N5S. The van der Waals surface area contributed by atoms with Crippen LogP contribution in [-0.2, 0) is 12.8 Å². The van der Waals surface area contributed by atoms with Gasteiger partial charge in [0.1, 0.15) is 5.82 Å². The third-order valence-electron chi connectivity index (χ3n) is 4.44. The molecule has 0 unspecified atom stereocenters. The number of aryl methyl sites for hydroxylation is 1. The van der Waals surface area contributed by atoms with E-state index in [2.05, 4.69) is 50.2 Å². The number of nitrogens with two attached hydrogens (primary N) is 1. The number of aromatic amines is 1. The van der Waals surface area contributed by atoms with E-state index in [1.54, 1.807) is 11.3 Å². The molecule has 0 amide bonds. The van der Waals surface area contributed by atoms with Crippen LogP contribution in [0.2, 0.25) is 0 Å². The zero-order valence-electron chi connectivity index (χ0n) is 13.7. The van der Waals surface area contributed by atoms with Crippen molar-refractivity contribution in [1.82, 2.24) is 19.9 Å². The van der Waals surface area contributed by atoms with Crippen LogP contribution in [0, 0.1) is 6.92 Å². The van der Waals surface area contributed by atoms with Gasteiger partial charge in [-0.2, -0.15) is 0 Å². The van der Waals surface area contributed by atoms with E-state index in [0.29, 0.717) is 5.13 Å². The van der Waals surface area contributed by atoms with E-state index >= 15 is 0 Å². The number of nitrogens with zero attached hydrogens (tertiary/aromatic N) is 3. The monoisotopic (exact) mass is 339 g/mol. The fourth-order valence-corrected chi connectivity index (χ4v) is 4.12. The van der Waals surface area contributed by atoms with Crippen LogP contribution in [0.3, 0.4) is 0 Å². The number of para-hydroxylation sites is 1. The summed E-state index contributed by atoms with van der Waals surface area (Å²) in [7, 11) is 0. The van der Waals surface area contributed by atoms with Crippen LogP contribution >= 0.6 is 11.3 Å². The maximum atomic E-state index is 5.81. The molecule has 0 saturated heterocycles. The molecule has 3 N–H and O–H groups in total. The van der Waals surface area contributed by atoms with Crippen molar-refractivity contribution in [2.45, 2.75) is 19.8 Å². The first-order valence-electron chi connectivity index (χ1n) is 8.27. The topological polar surface area (TPSA) is 70.8 Å². The average Bonchev–Trinajstić information content (AvgIpc) is 3.06. The van der Waals surface area contributed by atoms with Crippen LogP contribution in [0.1, 0.15) is 22.0 Å². The summed E-state index contributed by atoms with van der Waals surface area (Å²) in [4.78, 5) is 16.1. The van der Waals surface area contributed by atoms with Crippen molar-refractivity contribution in [1.29, 1.82) is 0 Å². The van der Waals surface area contributed by atoms with Gasteiger partial charge in [0.15, 0.2) is 5.13 Å². The largest absolute Gasteiger partial charge is 0.375 e. The number of nitrogen functional groups attached to an aromatic ring is 1. The number of benzene rings is 1. The molecule has 0 aliphatic carbocycles. The van der Waals surface area contributed by atoms with Crippen LogP contribution in [-0.4, -0.2) is 39.5 Å². The standard InChI is InChI=1S/C18H21N5S/c1-12-20-15-6-2-4-13(17(15)21-12)5-3-9-23-10-7-14-16(8-11-23)24-18(19)22-14/h2-6H,7-11H2,1H3,(H2,19,22)(H,20,21). The molecule has 1 aromatic carbocycles. The predicted octanol–water partition coefficient (Wildman–Crippen LogP) is 3.02. The lowest BCUT2D eigenvalue weighted by atomic mass is 10.1. The highest BCUT2D eigenvalue weighted by atomic mass is 32.1. The summed E-state index contributed by atoms with van der Waals surface area (Å²) < 4.78 is 0. The molecule has 1 aliphatic heterocycles. The molecule has 0 atom stereocenters. The molecule has 4 rings (SSSR count). The van der Waals surface area contributed by atoms with Gasteiger partial charge in [0.2, 0.25) is 0 Å². The third kappa shape index (κ3) is 3.07. The molecule has 0 radical (unpaired) electrons. The molecule has 0 bridgehead atoms. The fraction of sp³-hybridized carbons (Fsp3) is 0.333. The quantitative estimate of drug-likeness (QED) is 0.769. The minimum atomic E-state index is 0.704. The van der Waals surface area contributed by atoms with Gasteiger partial charge in [-0.3, -0.25) is 4.90 Å². The lowest BCUT2D eigenvalue weighted by Gasteiger charge is -2.17. The molecule has 124 valence electrons. The van der Waals surface area contributed by atoms with E-state index in [0.717, 1.165) is 49.3 Å². The van der Waals surface area contributed by atoms with Crippen LogP contribution in [0.15, 0.2) is 24.3 Å². The number of H-pyrrole nitrogens is 1. The molecule has 24 heavy (non-hydrogen) atoms. The molecule has 0 fully saturated rings. The maximum Gasteiger partial charge on any atom is 0.180 e. The Labute approximate surface area is 145 Å². The summed E-state index contributed by atoms with van der Waals surface area (Å²) in [6.07, 6.45) is 6.46. The number of anilines is 1. The Morgan fingerprint density at radius 1 is 1.29 bits per heavy atom.